The smallest absolute Gasteiger partial charge is 0.134 e. The van der Waals surface area contributed by atoms with E-state index in [1.165, 1.54) is 16.7 Å². The third kappa shape index (κ3) is 20.6. The summed E-state index contributed by atoms with van der Waals surface area (Å²) in [5, 5.41) is 0. The summed E-state index contributed by atoms with van der Waals surface area (Å²) in [4.78, 5) is 0. The predicted octanol–water partition coefficient (Wildman–Crippen LogP) is 29.5. The van der Waals surface area contributed by atoms with Gasteiger partial charge in [0.05, 0.1) is 0 Å². The fourth-order valence-electron chi connectivity index (χ4n) is 11.5. The summed E-state index contributed by atoms with van der Waals surface area (Å²) < 4.78 is 92.9. The SMILES string of the molecule is Cc1ccc(Oc2ccc(Oc3ccc(Oc4ccc(Oc5ccc(Oc6cc(Oc7ccc(Oc8ccc(Oc9ccc(Oc%10ccc(Oc%11ccc(C)cc%11)cc%10)cc9)cc8)cc7)cc(Oc7ccc(Oc8ccc(Oc9ccc(Oc%10ccc(Oc%11ccc(C)cc%11)cc%10)cc9)cc8)cc7)c6)cc5)cc4)cc3)cc2)cc1. The zero-order valence-corrected chi connectivity index (χ0v) is 62.0. The quantitative estimate of drug-likeness (QED) is 0.0422. The van der Waals surface area contributed by atoms with Gasteiger partial charge in [-0.3, -0.25) is 0 Å². The van der Waals surface area contributed by atoms with Crippen LogP contribution >= 0.6 is 0 Å². The van der Waals surface area contributed by atoms with Crippen LogP contribution in [0.1, 0.15) is 16.7 Å². The fourth-order valence-corrected chi connectivity index (χ4v) is 11.5. The molecule has 0 aromatic heterocycles. The summed E-state index contributed by atoms with van der Waals surface area (Å²) in [5.41, 5.74) is 3.52. The van der Waals surface area contributed by atoms with Gasteiger partial charge in [-0.15, -0.1) is 0 Å². The molecule has 0 fully saturated rings. The van der Waals surface area contributed by atoms with Crippen molar-refractivity contribution < 1.29 is 71.1 Å². The van der Waals surface area contributed by atoms with Crippen LogP contribution in [0.4, 0.5) is 0 Å². The third-order valence-electron chi connectivity index (χ3n) is 17.3. The second kappa shape index (κ2) is 34.8. The molecule has 0 N–H and O–H groups in total. The molecular weight excluding hydrogens is 1430 g/mol. The molecule has 0 unspecified atom stereocenters. The van der Waals surface area contributed by atoms with Gasteiger partial charge in [-0.25, -0.2) is 0 Å². The molecule has 16 aromatic rings. The normalized spacial score (nSPS) is 10.8. The summed E-state index contributed by atoms with van der Waals surface area (Å²) >= 11 is 0. The van der Waals surface area contributed by atoms with Crippen LogP contribution in [0.25, 0.3) is 0 Å². The molecule has 0 bridgehead atoms. The first kappa shape index (κ1) is 72.7. The molecule has 0 spiro atoms. The van der Waals surface area contributed by atoms with E-state index in [0.29, 0.717) is 138 Å². The molecule has 0 heterocycles. The van der Waals surface area contributed by atoms with Crippen LogP contribution in [0, 0.1) is 20.8 Å². The first-order valence-electron chi connectivity index (χ1n) is 36.7. The Bertz CT molecular complexity index is 5190. The van der Waals surface area contributed by atoms with E-state index in [-0.39, 0.29) is 0 Å². The molecular formula is C99H72O15. The van der Waals surface area contributed by atoms with E-state index in [4.69, 9.17) is 71.1 Å². The van der Waals surface area contributed by atoms with Gasteiger partial charge in [0.1, 0.15) is 172 Å². The number of hydrogen-bond acceptors (Lipinski definition) is 15. The number of benzene rings is 16. The Balaban J connectivity index is 0.533. The van der Waals surface area contributed by atoms with Crippen molar-refractivity contribution in [2.24, 2.45) is 0 Å². The zero-order valence-electron chi connectivity index (χ0n) is 62.0. The lowest BCUT2D eigenvalue weighted by Gasteiger charge is -2.14. The van der Waals surface area contributed by atoms with Gasteiger partial charge in [-0.2, -0.15) is 0 Å². The summed E-state index contributed by atoms with van der Waals surface area (Å²) in [6.45, 7) is 6.13. The first-order chi connectivity index (χ1) is 55.9. The van der Waals surface area contributed by atoms with Crippen molar-refractivity contribution >= 4 is 0 Å². The van der Waals surface area contributed by atoms with E-state index in [1.54, 1.807) is 18.2 Å². The highest BCUT2D eigenvalue weighted by Crippen LogP contribution is 2.41. The van der Waals surface area contributed by atoms with Crippen molar-refractivity contribution in [2.45, 2.75) is 20.8 Å². The molecule has 558 valence electrons. The van der Waals surface area contributed by atoms with Crippen LogP contribution in [0.15, 0.2) is 382 Å². The van der Waals surface area contributed by atoms with Crippen molar-refractivity contribution in [2.75, 3.05) is 0 Å². The van der Waals surface area contributed by atoms with Crippen molar-refractivity contribution in [3.8, 4) is 172 Å². The van der Waals surface area contributed by atoms with Gasteiger partial charge in [0.25, 0.3) is 0 Å². The molecule has 15 heteroatoms. The molecule has 0 saturated carbocycles. The molecule has 15 nitrogen and oxygen atoms in total. The number of aryl methyl sites for hydroxylation is 3. The van der Waals surface area contributed by atoms with E-state index in [1.807, 2.05) is 385 Å². The minimum Gasteiger partial charge on any atom is -0.457 e. The number of rotatable bonds is 30. The van der Waals surface area contributed by atoms with Crippen molar-refractivity contribution in [1.29, 1.82) is 0 Å². The van der Waals surface area contributed by atoms with E-state index in [0.717, 1.165) is 34.5 Å². The van der Waals surface area contributed by atoms with Crippen LogP contribution < -0.4 is 71.1 Å². The van der Waals surface area contributed by atoms with Gasteiger partial charge in [0.2, 0.25) is 0 Å². The van der Waals surface area contributed by atoms with Crippen molar-refractivity contribution in [1.82, 2.24) is 0 Å². The summed E-state index contributed by atoms with van der Waals surface area (Å²) in [6.07, 6.45) is 0. The second-order valence-corrected chi connectivity index (χ2v) is 26.3. The highest BCUT2D eigenvalue weighted by atomic mass is 16.5. The lowest BCUT2D eigenvalue weighted by Crippen LogP contribution is -1.92. The molecule has 0 radical (unpaired) electrons. The van der Waals surface area contributed by atoms with Gasteiger partial charge < -0.3 is 71.1 Å². The molecule has 0 atom stereocenters. The lowest BCUT2D eigenvalue weighted by atomic mass is 10.2. The Labute approximate surface area is 659 Å². The number of ether oxygens (including phenoxy) is 15. The second-order valence-electron chi connectivity index (χ2n) is 26.3. The Morgan fingerprint density at radius 1 is 0.0877 bits per heavy atom. The van der Waals surface area contributed by atoms with Gasteiger partial charge >= 0.3 is 0 Å². The molecule has 0 aliphatic heterocycles. The third-order valence-corrected chi connectivity index (χ3v) is 17.3. The summed E-state index contributed by atoms with van der Waals surface area (Å²) in [6, 6.07) is 118. The van der Waals surface area contributed by atoms with Crippen LogP contribution in [-0.4, -0.2) is 0 Å². The van der Waals surface area contributed by atoms with Crippen molar-refractivity contribution in [3.63, 3.8) is 0 Å². The van der Waals surface area contributed by atoms with Gasteiger partial charge in [0, 0.05) is 18.2 Å². The molecule has 0 aliphatic rings. The summed E-state index contributed by atoms with van der Waals surface area (Å²) in [5.74, 6) is 19.0. The topological polar surface area (TPSA) is 138 Å². The van der Waals surface area contributed by atoms with E-state index in [9.17, 15) is 0 Å². The maximum atomic E-state index is 6.50. The molecule has 16 rings (SSSR count). The van der Waals surface area contributed by atoms with Gasteiger partial charge in [0.15, 0.2) is 0 Å². The fraction of sp³-hybridized carbons (Fsp3) is 0.0303. The van der Waals surface area contributed by atoms with E-state index >= 15 is 0 Å². The highest BCUT2D eigenvalue weighted by Gasteiger charge is 2.14. The molecule has 16 aromatic carbocycles. The number of hydrogen-bond donors (Lipinski definition) is 0. The first-order valence-corrected chi connectivity index (χ1v) is 36.7. The average Bonchev–Trinajstić information content (AvgIpc) is 0.816. The van der Waals surface area contributed by atoms with Crippen LogP contribution in [-0.2, 0) is 0 Å². The molecule has 0 saturated heterocycles. The highest BCUT2D eigenvalue weighted by molar-refractivity contribution is 5.52. The standard InChI is InChI=1S/C99H72O15/c1-67-4-10-70(11-5-67)100-73-16-22-76(23-17-73)103-79-28-34-82(35-29-79)106-85-40-46-88(47-41-85)109-91-52-58-94(59-53-91)112-97-64-98(113-95-60-54-92(55-61-95)110-89-48-42-86(43-49-89)107-83-36-30-80(31-37-83)104-77-24-18-74(19-25-77)101-71-12-6-68(2)7-13-71)66-99(65-97)114-96-62-56-93(57-63-96)111-90-50-44-87(45-51-90)108-84-38-32-81(33-39-84)105-78-26-20-75(21-27-78)102-72-14-8-69(3)9-15-72/h4-66H,1-3H3. The molecule has 114 heavy (non-hydrogen) atoms. The van der Waals surface area contributed by atoms with Gasteiger partial charge in [-0.1, -0.05) is 53.1 Å². The zero-order chi connectivity index (χ0) is 77.2. The van der Waals surface area contributed by atoms with Crippen molar-refractivity contribution in [3.05, 3.63) is 399 Å². The largest absolute Gasteiger partial charge is 0.457 e. The Kier molecular flexibility index (Phi) is 22.2. The maximum absolute atomic E-state index is 6.50. The average molecular weight is 1500 g/mol. The van der Waals surface area contributed by atoms with Crippen LogP contribution in [0.3, 0.4) is 0 Å². The minimum absolute atomic E-state index is 0.450. The predicted molar refractivity (Wildman–Crippen MR) is 438 cm³/mol. The molecule has 0 aliphatic carbocycles. The van der Waals surface area contributed by atoms with Crippen LogP contribution in [0.2, 0.25) is 0 Å². The maximum Gasteiger partial charge on any atom is 0.134 e. The monoisotopic (exact) mass is 1500 g/mol. The van der Waals surface area contributed by atoms with Gasteiger partial charge in [-0.05, 0) is 348 Å². The van der Waals surface area contributed by atoms with E-state index < -0.39 is 0 Å². The Morgan fingerprint density at radius 2 is 0.149 bits per heavy atom. The minimum atomic E-state index is 0.450. The van der Waals surface area contributed by atoms with Crippen LogP contribution in [0.5, 0.6) is 172 Å². The Morgan fingerprint density at radius 3 is 0.228 bits per heavy atom. The van der Waals surface area contributed by atoms with E-state index in [2.05, 4.69) is 0 Å². The lowest BCUT2D eigenvalue weighted by molar-refractivity contribution is 0.436. The molecule has 0 amide bonds. The Hall–Kier alpha value is -15.5. The summed E-state index contributed by atoms with van der Waals surface area (Å²) in [7, 11) is 0.